The summed E-state index contributed by atoms with van der Waals surface area (Å²) in [6.45, 7) is 3.78. The zero-order valence-corrected chi connectivity index (χ0v) is 22.5. The number of ether oxygens (including phenoxy) is 2. The van der Waals surface area contributed by atoms with Gasteiger partial charge in [-0.15, -0.1) is 11.3 Å². The number of nitrogens with two attached hydrogens (primary N) is 1. The molecular weight excluding hydrogens is 520 g/mol. The molecule has 0 spiro atoms. The second kappa shape index (κ2) is 12.4. The van der Waals surface area contributed by atoms with Crippen molar-refractivity contribution >= 4 is 40.3 Å². The van der Waals surface area contributed by atoms with Gasteiger partial charge >= 0.3 is 0 Å². The molecule has 0 fully saturated rings. The van der Waals surface area contributed by atoms with E-state index in [0.29, 0.717) is 39.8 Å². The van der Waals surface area contributed by atoms with Crippen molar-refractivity contribution in [3.05, 3.63) is 69.6 Å². The van der Waals surface area contributed by atoms with Crippen LogP contribution >= 0.6 is 11.3 Å². The maximum absolute atomic E-state index is 12.9. The predicted octanol–water partition coefficient (Wildman–Crippen LogP) is 4.00. The number of anilines is 1. The van der Waals surface area contributed by atoms with Gasteiger partial charge in [0.25, 0.3) is 17.7 Å². The molecule has 3 aromatic rings. The molecule has 4 rings (SSSR count). The van der Waals surface area contributed by atoms with Gasteiger partial charge in [0.1, 0.15) is 10.8 Å². The molecule has 1 heterocycles. The Bertz CT molecular complexity index is 1400. The Hall–Kier alpha value is -4.38. The third kappa shape index (κ3) is 6.74. The first-order chi connectivity index (χ1) is 18.8. The van der Waals surface area contributed by atoms with E-state index >= 15 is 0 Å². The standard InChI is InChI=1S/C28H30N4O6S/c1-3-37-22-14-17(8-13-21(22)33)15-30-32-26(35)16(2)38-19-11-9-18(10-12-19)27(36)31-28-24(25(29)34)20-6-4-5-7-23(20)39-28/h8-16,33H,3-7H2,1-2H3,(H2,29,34)(H,31,36)(H,32,35)/b30-15+/t16-/m0/s1. The molecule has 0 unspecified atom stereocenters. The van der Waals surface area contributed by atoms with Crippen molar-refractivity contribution in [1.29, 1.82) is 0 Å². The molecule has 1 aromatic heterocycles. The summed E-state index contributed by atoms with van der Waals surface area (Å²) in [4.78, 5) is 38.4. The molecule has 39 heavy (non-hydrogen) atoms. The minimum absolute atomic E-state index is 0.0178. The molecule has 204 valence electrons. The van der Waals surface area contributed by atoms with Gasteiger partial charge in [-0.3, -0.25) is 14.4 Å². The number of aryl methyl sites for hydroxylation is 1. The Morgan fingerprint density at radius 2 is 1.90 bits per heavy atom. The summed E-state index contributed by atoms with van der Waals surface area (Å²) in [7, 11) is 0. The third-order valence-corrected chi connectivity index (χ3v) is 7.32. The first-order valence-electron chi connectivity index (χ1n) is 12.6. The van der Waals surface area contributed by atoms with Crippen LogP contribution in [-0.2, 0) is 17.6 Å². The van der Waals surface area contributed by atoms with Gasteiger partial charge in [0.15, 0.2) is 17.6 Å². The molecule has 2 aromatic carbocycles. The fourth-order valence-electron chi connectivity index (χ4n) is 4.18. The molecule has 5 N–H and O–H groups in total. The smallest absolute Gasteiger partial charge is 0.280 e. The molecule has 1 aliphatic rings. The number of amides is 3. The van der Waals surface area contributed by atoms with E-state index in [4.69, 9.17) is 15.2 Å². The van der Waals surface area contributed by atoms with E-state index in [-0.39, 0.29) is 11.7 Å². The minimum atomic E-state index is -0.865. The summed E-state index contributed by atoms with van der Waals surface area (Å²) < 4.78 is 11.0. The highest BCUT2D eigenvalue weighted by molar-refractivity contribution is 7.17. The number of carbonyl (C=O) groups excluding carboxylic acids is 3. The van der Waals surface area contributed by atoms with E-state index < -0.39 is 17.9 Å². The molecule has 10 nitrogen and oxygen atoms in total. The lowest BCUT2D eigenvalue weighted by Crippen LogP contribution is -2.33. The molecule has 1 aliphatic carbocycles. The van der Waals surface area contributed by atoms with E-state index in [1.165, 1.54) is 23.6 Å². The lowest BCUT2D eigenvalue weighted by molar-refractivity contribution is -0.127. The number of hydrazone groups is 1. The van der Waals surface area contributed by atoms with Crippen LogP contribution in [0.15, 0.2) is 47.6 Å². The van der Waals surface area contributed by atoms with E-state index in [9.17, 15) is 19.5 Å². The van der Waals surface area contributed by atoms with Gasteiger partial charge in [-0.1, -0.05) is 0 Å². The first-order valence-corrected chi connectivity index (χ1v) is 13.4. The highest BCUT2D eigenvalue weighted by Crippen LogP contribution is 2.38. The van der Waals surface area contributed by atoms with Gasteiger partial charge in [0.05, 0.1) is 18.4 Å². The van der Waals surface area contributed by atoms with Gasteiger partial charge in [-0.2, -0.15) is 5.10 Å². The molecular formula is C28H30N4O6S. The molecule has 0 radical (unpaired) electrons. The highest BCUT2D eigenvalue weighted by Gasteiger charge is 2.25. The maximum Gasteiger partial charge on any atom is 0.280 e. The van der Waals surface area contributed by atoms with Gasteiger partial charge in [-0.05, 0) is 93.1 Å². The van der Waals surface area contributed by atoms with Crippen molar-refractivity contribution in [2.45, 2.75) is 45.6 Å². The Morgan fingerprint density at radius 3 is 2.62 bits per heavy atom. The van der Waals surface area contributed by atoms with Gasteiger partial charge in [-0.25, -0.2) is 5.43 Å². The largest absolute Gasteiger partial charge is 0.504 e. The van der Waals surface area contributed by atoms with Crippen LogP contribution in [0, 0.1) is 0 Å². The van der Waals surface area contributed by atoms with E-state index in [1.807, 2.05) is 6.92 Å². The number of fused-ring (bicyclic) bond motifs is 1. The van der Waals surface area contributed by atoms with E-state index in [1.54, 1.807) is 43.3 Å². The Morgan fingerprint density at radius 1 is 1.15 bits per heavy atom. The van der Waals surface area contributed by atoms with Crippen molar-refractivity contribution < 1.29 is 29.0 Å². The molecule has 3 amide bonds. The van der Waals surface area contributed by atoms with Crippen molar-refractivity contribution in [2.24, 2.45) is 10.8 Å². The van der Waals surface area contributed by atoms with Crippen LogP contribution in [-0.4, -0.2) is 41.8 Å². The average Bonchev–Trinajstić information content (AvgIpc) is 3.29. The number of primary amides is 1. The summed E-state index contributed by atoms with van der Waals surface area (Å²) in [5.74, 6) is -0.651. The van der Waals surface area contributed by atoms with Gasteiger partial charge < -0.3 is 25.6 Å². The summed E-state index contributed by atoms with van der Waals surface area (Å²) in [6.07, 6.45) is 4.27. The van der Waals surface area contributed by atoms with Crippen LogP contribution in [0.2, 0.25) is 0 Å². The lowest BCUT2D eigenvalue weighted by atomic mass is 9.95. The molecule has 11 heteroatoms. The molecule has 0 bridgehead atoms. The second-order valence-corrected chi connectivity index (χ2v) is 10.0. The van der Waals surface area contributed by atoms with Crippen molar-refractivity contribution in [3.63, 3.8) is 0 Å². The number of nitrogens with one attached hydrogen (secondary N) is 2. The van der Waals surface area contributed by atoms with E-state index in [2.05, 4.69) is 15.8 Å². The number of hydrogen-bond donors (Lipinski definition) is 4. The zero-order valence-electron chi connectivity index (χ0n) is 21.7. The zero-order chi connectivity index (χ0) is 27.9. The summed E-state index contributed by atoms with van der Waals surface area (Å²) in [5, 5.41) is 17.0. The van der Waals surface area contributed by atoms with Gasteiger partial charge in [0.2, 0.25) is 0 Å². The topological polar surface area (TPSA) is 152 Å². The molecule has 0 saturated carbocycles. The predicted molar refractivity (Wildman–Crippen MR) is 149 cm³/mol. The SMILES string of the molecule is CCOc1cc(/C=N/NC(=O)[C@H](C)Oc2ccc(C(=O)Nc3sc4c(c3C(N)=O)CCCC4)cc2)ccc1O. The fraction of sp³-hybridized carbons (Fsp3) is 0.286. The number of thiophene rings is 1. The monoisotopic (exact) mass is 550 g/mol. The summed E-state index contributed by atoms with van der Waals surface area (Å²) >= 11 is 1.41. The fourth-order valence-corrected chi connectivity index (χ4v) is 5.47. The normalized spacial score (nSPS) is 13.4. The van der Waals surface area contributed by atoms with Crippen molar-refractivity contribution in [1.82, 2.24) is 5.43 Å². The first kappa shape index (κ1) is 27.6. The van der Waals surface area contributed by atoms with Crippen LogP contribution in [0.3, 0.4) is 0 Å². The number of rotatable bonds is 10. The summed E-state index contributed by atoms with van der Waals surface area (Å²) in [6, 6.07) is 11.0. The van der Waals surface area contributed by atoms with Crippen LogP contribution < -0.4 is 25.9 Å². The van der Waals surface area contributed by atoms with Crippen LogP contribution in [0.4, 0.5) is 5.00 Å². The second-order valence-electron chi connectivity index (χ2n) is 8.91. The van der Waals surface area contributed by atoms with Gasteiger partial charge in [0, 0.05) is 10.4 Å². The number of phenols is 1. The van der Waals surface area contributed by atoms with E-state index in [0.717, 1.165) is 36.1 Å². The van der Waals surface area contributed by atoms with Crippen LogP contribution in [0.5, 0.6) is 17.2 Å². The average molecular weight is 551 g/mol. The number of aromatic hydroxyl groups is 1. The van der Waals surface area contributed by atoms with Crippen molar-refractivity contribution in [3.8, 4) is 17.2 Å². The Balaban J connectivity index is 1.33. The number of hydrogen-bond acceptors (Lipinski definition) is 8. The van der Waals surface area contributed by atoms with Crippen LogP contribution in [0.25, 0.3) is 0 Å². The van der Waals surface area contributed by atoms with Crippen LogP contribution in [0.1, 0.15) is 63.4 Å². The number of phenolic OH excluding ortho intramolecular Hbond substituents is 1. The number of nitrogens with zero attached hydrogens (tertiary/aromatic N) is 1. The minimum Gasteiger partial charge on any atom is -0.504 e. The molecule has 1 atom stereocenters. The molecule has 0 aliphatic heterocycles. The Labute approximate surface area is 229 Å². The highest BCUT2D eigenvalue weighted by atomic mass is 32.1. The lowest BCUT2D eigenvalue weighted by Gasteiger charge is -2.13. The Kier molecular flexibility index (Phi) is 8.82. The maximum atomic E-state index is 12.9. The number of benzene rings is 2. The summed E-state index contributed by atoms with van der Waals surface area (Å²) in [5.41, 5.74) is 10.4. The van der Waals surface area contributed by atoms with Crippen molar-refractivity contribution in [2.75, 3.05) is 11.9 Å². The quantitative estimate of drug-likeness (QED) is 0.221. The third-order valence-electron chi connectivity index (χ3n) is 6.12. The molecule has 0 saturated heterocycles. The number of carbonyl (C=O) groups is 3.